The van der Waals surface area contributed by atoms with Crippen molar-refractivity contribution in [3.63, 3.8) is 0 Å². The van der Waals surface area contributed by atoms with E-state index in [0.717, 1.165) is 10.0 Å². The lowest BCUT2D eigenvalue weighted by molar-refractivity contribution is 0.0956. The van der Waals surface area contributed by atoms with E-state index in [9.17, 15) is 4.79 Å². The van der Waals surface area contributed by atoms with Crippen molar-refractivity contribution >= 4 is 33.7 Å². The highest BCUT2D eigenvalue weighted by Crippen LogP contribution is 2.13. The number of nitrogens with two attached hydrogens (primary N) is 1. The van der Waals surface area contributed by atoms with Gasteiger partial charge in [-0.05, 0) is 18.2 Å². The van der Waals surface area contributed by atoms with Crippen LogP contribution >= 0.6 is 15.9 Å². The van der Waals surface area contributed by atoms with Gasteiger partial charge in [-0.15, -0.1) is 0 Å². The van der Waals surface area contributed by atoms with Crippen molar-refractivity contribution in [3.8, 4) is 0 Å². The number of hydrogen-bond donors (Lipinski definition) is 2. The number of anilines is 1. The quantitative estimate of drug-likeness (QED) is 0.519. The van der Waals surface area contributed by atoms with Crippen molar-refractivity contribution in [3.05, 3.63) is 64.1 Å². The van der Waals surface area contributed by atoms with Crippen molar-refractivity contribution < 1.29 is 4.79 Å². The van der Waals surface area contributed by atoms with Crippen LogP contribution in [0, 0.1) is 0 Å². The third-order valence-corrected chi connectivity index (χ3v) is 3.20. The van der Waals surface area contributed by atoms with E-state index in [4.69, 9.17) is 5.73 Å². The molecule has 2 aromatic rings. The molecule has 96 valence electrons. The summed E-state index contributed by atoms with van der Waals surface area (Å²) in [6.45, 7) is 0. The number of rotatable bonds is 3. The Morgan fingerprint density at radius 1 is 1.16 bits per heavy atom. The minimum atomic E-state index is -0.332. The fourth-order valence-corrected chi connectivity index (χ4v) is 1.89. The minimum Gasteiger partial charge on any atom is -0.398 e. The molecule has 0 aliphatic rings. The smallest absolute Gasteiger partial charge is 0.273 e. The molecule has 4 nitrogen and oxygen atoms in total. The molecule has 0 spiro atoms. The predicted molar refractivity (Wildman–Crippen MR) is 80.1 cm³/mol. The predicted octanol–water partition coefficient (Wildman–Crippen LogP) is 2.80. The lowest BCUT2D eigenvalue weighted by Crippen LogP contribution is -2.19. The van der Waals surface area contributed by atoms with Crippen LogP contribution in [0.25, 0.3) is 0 Å². The van der Waals surface area contributed by atoms with Crippen molar-refractivity contribution in [2.45, 2.75) is 0 Å². The topological polar surface area (TPSA) is 67.5 Å². The summed E-state index contributed by atoms with van der Waals surface area (Å²) >= 11 is 3.40. The van der Waals surface area contributed by atoms with Crippen LogP contribution in [-0.4, -0.2) is 12.1 Å². The standard InChI is InChI=1S/C14H12BrN3O/c15-12-7-3-1-5-10(12)9-17-18-14(19)11-6-2-4-8-13(11)16/h1-9H,16H2,(H,18,19)/b17-9+. The van der Waals surface area contributed by atoms with Crippen molar-refractivity contribution in [1.29, 1.82) is 0 Å². The zero-order chi connectivity index (χ0) is 13.7. The normalized spacial score (nSPS) is 10.6. The number of nitrogens with zero attached hydrogens (tertiary/aromatic N) is 1. The van der Waals surface area contributed by atoms with Gasteiger partial charge >= 0.3 is 0 Å². The van der Waals surface area contributed by atoms with Gasteiger partial charge in [0.25, 0.3) is 5.91 Å². The lowest BCUT2D eigenvalue weighted by Gasteiger charge is -2.03. The van der Waals surface area contributed by atoms with E-state index in [1.165, 1.54) is 0 Å². The SMILES string of the molecule is Nc1ccccc1C(=O)N/N=C/c1ccccc1Br. The third-order valence-electron chi connectivity index (χ3n) is 2.48. The Labute approximate surface area is 119 Å². The van der Waals surface area contributed by atoms with E-state index in [1.807, 2.05) is 24.3 Å². The van der Waals surface area contributed by atoms with Gasteiger partial charge in [-0.2, -0.15) is 5.10 Å². The van der Waals surface area contributed by atoms with Crippen LogP contribution in [0.2, 0.25) is 0 Å². The van der Waals surface area contributed by atoms with E-state index in [-0.39, 0.29) is 5.91 Å². The minimum absolute atomic E-state index is 0.332. The van der Waals surface area contributed by atoms with Crippen molar-refractivity contribution in [2.75, 3.05) is 5.73 Å². The molecule has 0 aliphatic carbocycles. The maximum atomic E-state index is 11.8. The lowest BCUT2D eigenvalue weighted by atomic mass is 10.2. The number of halogens is 1. The molecule has 0 heterocycles. The van der Waals surface area contributed by atoms with Gasteiger partial charge in [0.15, 0.2) is 0 Å². The number of carbonyl (C=O) groups is 1. The molecule has 0 radical (unpaired) electrons. The average molecular weight is 318 g/mol. The van der Waals surface area contributed by atoms with Gasteiger partial charge < -0.3 is 5.73 Å². The van der Waals surface area contributed by atoms with Crippen LogP contribution in [0.3, 0.4) is 0 Å². The van der Waals surface area contributed by atoms with E-state index >= 15 is 0 Å². The fraction of sp³-hybridized carbons (Fsp3) is 0. The fourth-order valence-electron chi connectivity index (χ4n) is 1.50. The van der Waals surface area contributed by atoms with Gasteiger partial charge in [-0.3, -0.25) is 4.79 Å². The van der Waals surface area contributed by atoms with Gasteiger partial charge in [-0.1, -0.05) is 46.3 Å². The molecule has 0 saturated heterocycles. The Kier molecular flexibility index (Phi) is 4.30. The molecule has 3 N–H and O–H groups in total. The van der Waals surface area contributed by atoms with Crippen molar-refractivity contribution in [1.82, 2.24) is 5.43 Å². The first-order valence-electron chi connectivity index (χ1n) is 5.61. The average Bonchev–Trinajstić information content (AvgIpc) is 2.41. The number of para-hydroxylation sites is 1. The molecule has 0 atom stereocenters. The van der Waals surface area contributed by atoms with E-state index in [1.54, 1.807) is 30.5 Å². The Bertz CT molecular complexity index is 626. The highest BCUT2D eigenvalue weighted by molar-refractivity contribution is 9.10. The van der Waals surface area contributed by atoms with Crippen LogP contribution in [0.1, 0.15) is 15.9 Å². The summed E-state index contributed by atoms with van der Waals surface area (Å²) in [6, 6.07) is 14.4. The molecule has 0 aliphatic heterocycles. The van der Waals surface area contributed by atoms with E-state index in [2.05, 4.69) is 26.5 Å². The number of amides is 1. The molecule has 2 aromatic carbocycles. The Morgan fingerprint density at radius 2 is 1.84 bits per heavy atom. The summed E-state index contributed by atoms with van der Waals surface area (Å²) in [5.74, 6) is -0.332. The van der Waals surface area contributed by atoms with Crippen molar-refractivity contribution in [2.24, 2.45) is 5.10 Å². The van der Waals surface area contributed by atoms with Crippen LogP contribution in [0.15, 0.2) is 58.1 Å². The molecule has 19 heavy (non-hydrogen) atoms. The number of hydrazone groups is 1. The van der Waals surface area contributed by atoms with Crippen LogP contribution in [0.5, 0.6) is 0 Å². The zero-order valence-electron chi connectivity index (χ0n) is 10.0. The molecule has 0 aromatic heterocycles. The summed E-state index contributed by atoms with van der Waals surface area (Å²) < 4.78 is 0.909. The molecule has 0 saturated carbocycles. The van der Waals surface area contributed by atoms with Gasteiger partial charge in [0.05, 0.1) is 11.8 Å². The van der Waals surface area contributed by atoms with Gasteiger partial charge in [-0.25, -0.2) is 5.43 Å². The van der Waals surface area contributed by atoms with Crippen LogP contribution < -0.4 is 11.2 Å². The Hall–Kier alpha value is -2.14. The molecule has 0 bridgehead atoms. The number of benzene rings is 2. The van der Waals surface area contributed by atoms with Crippen LogP contribution in [0.4, 0.5) is 5.69 Å². The molecule has 0 fully saturated rings. The number of carbonyl (C=O) groups excluding carboxylic acids is 1. The molecular formula is C14H12BrN3O. The molecule has 1 amide bonds. The first kappa shape index (κ1) is 13.3. The Balaban J connectivity index is 2.06. The Morgan fingerprint density at radius 3 is 2.58 bits per heavy atom. The molecule has 2 rings (SSSR count). The maximum absolute atomic E-state index is 11.8. The second kappa shape index (κ2) is 6.15. The number of nitrogen functional groups attached to an aromatic ring is 1. The largest absolute Gasteiger partial charge is 0.398 e. The highest BCUT2D eigenvalue weighted by atomic mass is 79.9. The number of nitrogens with one attached hydrogen (secondary N) is 1. The molecule has 0 unspecified atom stereocenters. The first-order valence-corrected chi connectivity index (χ1v) is 6.40. The first-order chi connectivity index (χ1) is 9.18. The van der Waals surface area contributed by atoms with Gasteiger partial charge in [0.2, 0.25) is 0 Å². The second-order valence-electron chi connectivity index (χ2n) is 3.81. The van der Waals surface area contributed by atoms with E-state index < -0.39 is 0 Å². The zero-order valence-corrected chi connectivity index (χ0v) is 11.6. The summed E-state index contributed by atoms with van der Waals surface area (Å²) in [5.41, 5.74) is 9.87. The molecule has 5 heteroatoms. The van der Waals surface area contributed by atoms with Gasteiger partial charge in [0, 0.05) is 15.7 Å². The monoisotopic (exact) mass is 317 g/mol. The van der Waals surface area contributed by atoms with Crippen LogP contribution in [-0.2, 0) is 0 Å². The summed E-state index contributed by atoms with van der Waals surface area (Å²) in [7, 11) is 0. The van der Waals surface area contributed by atoms with E-state index in [0.29, 0.717) is 11.3 Å². The summed E-state index contributed by atoms with van der Waals surface area (Å²) in [6.07, 6.45) is 1.57. The summed E-state index contributed by atoms with van der Waals surface area (Å²) in [4.78, 5) is 11.8. The second-order valence-corrected chi connectivity index (χ2v) is 4.66. The van der Waals surface area contributed by atoms with Gasteiger partial charge in [0.1, 0.15) is 0 Å². The molecular weight excluding hydrogens is 306 g/mol. The third kappa shape index (κ3) is 3.42. The maximum Gasteiger partial charge on any atom is 0.273 e. The highest BCUT2D eigenvalue weighted by Gasteiger charge is 2.06. The summed E-state index contributed by atoms with van der Waals surface area (Å²) in [5, 5.41) is 3.91. The number of hydrogen-bond acceptors (Lipinski definition) is 3.